The molecule has 1 aliphatic carbocycles. The first kappa shape index (κ1) is 22.4. The number of nitrogens with one attached hydrogen (secondary N) is 1. The summed E-state index contributed by atoms with van der Waals surface area (Å²) in [4.78, 5) is 10.5. The highest BCUT2D eigenvalue weighted by molar-refractivity contribution is 7.92. The van der Waals surface area contributed by atoms with E-state index in [-0.39, 0.29) is 18.2 Å². The molecule has 174 valence electrons. The van der Waals surface area contributed by atoms with Crippen molar-refractivity contribution in [1.29, 1.82) is 10.5 Å². The lowest BCUT2D eigenvalue weighted by molar-refractivity contribution is 0.0713. The van der Waals surface area contributed by atoms with Crippen LogP contribution in [0.2, 0.25) is 0 Å². The van der Waals surface area contributed by atoms with Gasteiger partial charge in [-0.05, 0) is 43.2 Å². The summed E-state index contributed by atoms with van der Waals surface area (Å²) in [5.74, 6) is 0.110. The number of aromatic nitrogens is 5. The largest absolute Gasteiger partial charge is 0.268 e. The summed E-state index contributed by atoms with van der Waals surface area (Å²) in [6, 6.07) is 17.1. The topological polar surface area (TPSA) is 150 Å². The van der Waals surface area contributed by atoms with Gasteiger partial charge in [-0.1, -0.05) is 12.1 Å². The molecule has 1 N–H and O–H groups in total. The van der Waals surface area contributed by atoms with E-state index in [4.69, 9.17) is 5.10 Å². The predicted molar refractivity (Wildman–Crippen MR) is 129 cm³/mol. The van der Waals surface area contributed by atoms with Gasteiger partial charge >= 0.3 is 0 Å². The van der Waals surface area contributed by atoms with Gasteiger partial charge in [0, 0.05) is 22.7 Å². The minimum absolute atomic E-state index is 0.106. The van der Waals surface area contributed by atoms with E-state index in [9.17, 15) is 18.9 Å². The van der Waals surface area contributed by atoms with Gasteiger partial charge in [-0.3, -0.25) is 9.71 Å². The van der Waals surface area contributed by atoms with Crippen molar-refractivity contribution in [2.45, 2.75) is 24.8 Å². The standard InChI is InChI=1S/C24H20N8O2S/c1-35(33,34)31-23-6-2-5-20(29-23)17-10-19(18-4-3-9-27-21(18)11-17)22-15-28-32(30-22)24(7-8-25)12-16(13-24)14-26/h2-6,9-11,15-16H,7,12-13H2,1H3,(H,29,31). The quantitative estimate of drug-likeness (QED) is 0.437. The number of rotatable bonds is 6. The first-order chi connectivity index (χ1) is 16.8. The lowest BCUT2D eigenvalue weighted by atomic mass is 9.68. The molecule has 0 radical (unpaired) electrons. The molecule has 0 unspecified atom stereocenters. The van der Waals surface area contributed by atoms with Crippen molar-refractivity contribution in [3.05, 3.63) is 54.9 Å². The van der Waals surface area contributed by atoms with E-state index in [1.54, 1.807) is 35.4 Å². The van der Waals surface area contributed by atoms with Crippen molar-refractivity contribution in [2.75, 3.05) is 11.0 Å². The van der Waals surface area contributed by atoms with Crippen molar-refractivity contribution in [3.63, 3.8) is 0 Å². The molecule has 0 saturated heterocycles. The number of anilines is 1. The van der Waals surface area contributed by atoms with E-state index in [2.05, 4.69) is 31.9 Å². The van der Waals surface area contributed by atoms with Crippen LogP contribution in [0.4, 0.5) is 5.82 Å². The number of nitriles is 2. The molecule has 0 spiro atoms. The van der Waals surface area contributed by atoms with Crippen LogP contribution in [0.1, 0.15) is 19.3 Å². The third-order valence-corrected chi connectivity index (χ3v) is 6.67. The minimum atomic E-state index is -3.47. The van der Waals surface area contributed by atoms with Gasteiger partial charge in [-0.15, -0.1) is 0 Å². The van der Waals surface area contributed by atoms with Crippen molar-refractivity contribution in [1.82, 2.24) is 25.0 Å². The summed E-state index contributed by atoms with van der Waals surface area (Å²) < 4.78 is 25.7. The van der Waals surface area contributed by atoms with Crippen molar-refractivity contribution < 1.29 is 8.42 Å². The lowest BCUT2D eigenvalue weighted by Crippen LogP contribution is -2.47. The van der Waals surface area contributed by atoms with Crippen LogP contribution in [0.5, 0.6) is 0 Å². The fourth-order valence-corrected chi connectivity index (χ4v) is 4.97. The molecule has 35 heavy (non-hydrogen) atoms. The third kappa shape index (κ3) is 4.29. The van der Waals surface area contributed by atoms with Gasteiger partial charge in [-0.25, -0.2) is 13.4 Å². The van der Waals surface area contributed by atoms with Crippen LogP contribution in [-0.2, 0) is 15.6 Å². The van der Waals surface area contributed by atoms with E-state index in [1.165, 1.54) is 0 Å². The van der Waals surface area contributed by atoms with Crippen molar-refractivity contribution in [3.8, 4) is 34.7 Å². The fourth-order valence-electron chi connectivity index (χ4n) is 4.47. The molecule has 1 aromatic carbocycles. The van der Waals surface area contributed by atoms with Crippen molar-refractivity contribution in [2.24, 2.45) is 5.92 Å². The van der Waals surface area contributed by atoms with Crippen LogP contribution in [0, 0.1) is 28.6 Å². The van der Waals surface area contributed by atoms with Crippen LogP contribution < -0.4 is 4.72 Å². The summed E-state index contributed by atoms with van der Waals surface area (Å²) in [6.07, 6.45) is 5.73. The molecule has 0 atom stereocenters. The van der Waals surface area contributed by atoms with Crippen LogP contribution in [0.15, 0.2) is 54.9 Å². The molecule has 0 aliphatic heterocycles. The molecule has 4 aromatic rings. The number of hydrogen-bond acceptors (Lipinski definition) is 8. The Balaban J connectivity index is 1.60. The van der Waals surface area contributed by atoms with E-state index in [0.29, 0.717) is 24.2 Å². The highest BCUT2D eigenvalue weighted by Crippen LogP contribution is 2.45. The number of fused-ring (bicyclic) bond motifs is 1. The van der Waals surface area contributed by atoms with Gasteiger partial charge in [0.2, 0.25) is 10.0 Å². The molecule has 3 heterocycles. The zero-order chi connectivity index (χ0) is 24.6. The number of nitrogens with zero attached hydrogens (tertiary/aromatic N) is 7. The summed E-state index contributed by atoms with van der Waals surface area (Å²) in [5.41, 5.74) is 2.83. The normalized spacial score (nSPS) is 19.5. The summed E-state index contributed by atoms with van der Waals surface area (Å²) >= 11 is 0. The second-order valence-corrected chi connectivity index (χ2v) is 10.4. The molecule has 11 heteroatoms. The Bertz CT molecular complexity index is 1630. The average molecular weight is 485 g/mol. The Hall–Kier alpha value is -4.35. The van der Waals surface area contributed by atoms with E-state index in [0.717, 1.165) is 28.3 Å². The van der Waals surface area contributed by atoms with Crippen LogP contribution in [-0.4, -0.2) is 39.6 Å². The Labute approximate surface area is 201 Å². The first-order valence-corrected chi connectivity index (χ1v) is 12.7. The maximum atomic E-state index is 11.6. The van der Waals surface area contributed by atoms with E-state index >= 15 is 0 Å². The van der Waals surface area contributed by atoms with Gasteiger partial charge < -0.3 is 0 Å². The van der Waals surface area contributed by atoms with Gasteiger partial charge in [0.1, 0.15) is 11.5 Å². The maximum absolute atomic E-state index is 11.6. The van der Waals surface area contributed by atoms with Gasteiger partial charge in [0.05, 0.1) is 53.7 Å². The second-order valence-electron chi connectivity index (χ2n) is 8.69. The number of hydrogen-bond donors (Lipinski definition) is 1. The van der Waals surface area contributed by atoms with Gasteiger partial charge in [0.25, 0.3) is 0 Å². The Morgan fingerprint density at radius 1 is 1.17 bits per heavy atom. The smallest absolute Gasteiger partial charge is 0.230 e. The average Bonchev–Trinajstić information content (AvgIpc) is 3.30. The molecular formula is C24H20N8O2S. The summed E-state index contributed by atoms with van der Waals surface area (Å²) in [5, 5.41) is 28.6. The molecule has 5 rings (SSSR count). The number of sulfonamides is 1. The highest BCUT2D eigenvalue weighted by Gasteiger charge is 2.48. The number of benzene rings is 1. The Morgan fingerprint density at radius 3 is 2.74 bits per heavy atom. The fraction of sp³-hybridized carbons (Fsp3) is 0.250. The summed E-state index contributed by atoms with van der Waals surface area (Å²) in [6.45, 7) is 0. The molecule has 1 aliphatic rings. The van der Waals surface area contributed by atoms with Crippen LogP contribution >= 0.6 is 0 Å². The van der Waals surface area contributed by atoms with E-state index in [1.807, 2.05) is 24.3 Å². The van der Waals surface area contributed by atoms with E-state index < -0.39 is 15.6 Å². The van der Waals surface area contributed by atoms with Gasteiger partial charge in [0.15, 0.2) is 0 Å². The molecular weight excluding hydrogens is 464 g/mol. The second kappa shape index (κ2) is 8.46. The molecule has 0 amide bonds. The molecule has 3 aromatic heterocycles. The maximum Gasteiger partial charge on any atom is 0.230 e. The van der Waals surface area contributed by atoms with Gasteiger partial charge in [-0.2, -0.15) is 25.5 Å². The highest BCUT2D eigenvalue weighted by atomic mass is 32.2. The monoisotopic (exact) mass is 484 g/mol. The zero-order valence-electron chi connectivity index (χ0n) is 18.8. The SMILES string of the molecule is CS(=O)(=O)Nc1cccc(-c2cc(-c3cnn(C4(CC#N)CC(C#N)C4)n3)c3cccnc3c2)n1. The number of pyridine rings is 2. The van der Waals surface area contributed by atoms with Crippen molar-refractivity contribution >= 4 is 26.7 Å². The third-order valence-electron chi connectivity index (χ3n) is 6.09. The minimum Gasteiger partial charge on any atom is -0.268 e. The Morgan fingerprint density at radius 2 is 2.00 bits per heavy atom. The molecule has 1 fully saturated rings. The van der Waals surface area contributed by atoms with Crippen LogP contribution in [0.25, 0.3) is 33.4 Å². The Kier molecular flexibility index (Phi) is 5.42. The molecule has 1 saturated carbocycles. The first-order valence-electron chi connectivity index (χ1n) is 10.8. The molecule has 0 bridgehead atoms. The van der Waals surface area contributed by atoms with Crippen LogP contribution in [0.3, 0.4) is 0 Å². The lowest BCUT2D eigenvalue weighted by Gasteiger charge is -2.42. The zero-order valence-corrected chi connectivity index (χ0v) is 19.6. The predicted octanol–water partition coefficient (Wildman–Crippen LogP) is 3.47. The summed E-state index contributed by atoms with van der Waals surface area (Å²) in [7, 11) is -3.47. The molecule has 10 nitrogen and oxygen atoms in total.